The number of rotatable bonds is 6. The van der Waals surface area contributed by atoms with Gasteiger partial charge in [0.1, 0.15) is 12.4 Å². The van der Waals surface area contributed by atoms with Gasteiger partial charge in [-0.15, -0.1) is 0 Å². The van der Waals surface area contributed by atoms with Gasteiger partial charge in [0, 0.05) is 32.0 Å². The van der Waals surface area contributed by atoms with Gasteiger partial charge in [0.25, 0.3) is 0 Å². The predicted octanol–water partition coefficient (Wildman–Crippen LogP) is 2.42. The van der Waals surface area contributed by atoms with Crippen LogP contribution in [0.1, 0.15) is 24.3 Å². The fourth-order valence-corrected chi connectivity index (χ4v) is 5.51. The van der Waals surface area contributed by atoms with Gasteiger partial charge in [-0.2, -0.15) is 0 Å². The molecule has 7 heteroatoms. The predicted molar refractivity (Wildman–Crippen MR) is 116 cm³/mol. The molecular formula is C25H27FN2O4. The molecule has 6 nitrogen and oxygen atoms in total. The highest BCUT2D eigenvalue weighted by molar-refractivity contribution is 5.85. The number of amides is 2. The van der Waals surface area contributed by atoms with Crippen molar-refractivity contribution in [3.05, 3.63) is 59.9 Å². The first kappa shape index (κ1) is 21.1. The lowest BCUT2D eigenvalue weighted by atomic mass is 9.60. The van der Waals surface area contributed by atoms with Gasteiger partial charge >= 0.3 is 0 Å². The van der Waals surface area contributed by atoms with Crippen LogP contribution in [-0.4, -0.2) is 71.7 Å². The Kier molecular flexibility index (Phi) is 5.26. The van der Waals surface area contributed by atoms with Crippen LogP contribution in [0.2, 0.25) is 0 Å². The van der Waals surface area contributed by atoms with Crippen LogP contribution in [0.5, 0.6) is 0 Å². The van der Waals surface area contributed by atoms with Crippen molar-refractivity contribution < 1.29 is 23.8 Å². The molecule has 2 aromatic carbocycles. The number of aliphatic hydroxyl groups is 1. The molecule has 32 heavy (non-hydrogen) atoms. The van der Waals surface area contributed by atoms with E-state index in [0.29, 0.717) is 13.1 Å². The first-order chi connectivity index (χ1) is 15.5. The van der Waals surface area contributed by atoms with E-state index in [1.165, 1.54) is 19.2 Å². The van der Waals surface area contributed by atoms with Crippen molar-refractivity contribution in [1.29, 1.82) is 0 Å². The van der Waals surface area contributed by atoms with E-state index >= 15 is 0 Å². The fourth-order valence-electron chi connectivity index (χ4n) is 5.51. The van der Waals surface area contributed by atoms with Crippen LogP contribution in [0, 0.1) is 11.7 Å². The van der Waals surface area contributed by atoms with Gasteiger partial charge < -0.3 is 19.6 Å². The largest absolute Gasteiger partial charge is 0.394 e. The summed E-state index contributed by atoms with van der Waals surface area (Å²) in [7, 11) is 1.48. The van der Waals surface area contributed by atoms with Gasteiger partial charge in [0.2, 0.25) is 11.8 Å². The Bertz CT molecular complexity index is 1030. The molecule has 5 rings (SSSR count). The Balaban J connectivity index is 1.43. The number of likely N-dealkylation sites (tertiary alicyclic amines) is 2. The monoisotopic (exact) mass is 438 g/mol. The van der Waals surface area contributed by atoms with E-state index in [9.17, 15) is 19.1 Å². The lowest BCUT2D eigenvalue weighted by Crippen LogP contribution is -2.86. The molecule has 1 saturated carbocycles. The summed E-state index contributed by atoms with van der Waals surface area (Å²) < 4.78 is 18.7. The van der Waals surface area contributed by atoms with Crippen molar-refractivity contribution in [1.82, 2.24) is 9.80 Å². The molecule has 3 fully saturated rings. The van der Waals surface area contributed by atoms with Crippen LogP contribution in [0.4, 0.5) is 4.39 Å². The van der Waals surface area contributed by atoms with Crippen LogP contribution in [-0.2, 0) is 14.3 Å². The molecule has 2 heterocycles. The van der Waals surface area contributed by atoms with E-state index in [-0.39, 0.29) is 48.7 Å². The lowest BCUT2D eigenvalue weighted by molar-refractivity contribution is -0.205. The Morgan fingerprint density at radius 3 is 2.44 bits per heavy atom. The summed E-state index contributed by atoms with van der Waals surface area (Å²) >= 11 is 0. The van der Waals surface area contributed by atoms with E-state index in [1.54, 1.807) is 11.0 Å². The maximum Gasteiger partial charge on any atom is 0.249 e. The molecule has 0 radical (unpaired) electrons. The Morgan fingerprint density at radius 1 is 1.12 bits per heavy atom. The van der Waals surface area contributed by atoms with E-state index in [0.717, 1.165) is 29.5 Å². The van der Waals surface area contributed by atoms with Crippen molar-refractivity contribution in [3.8, 4) is 11.1 Å². The molecule has 1 N–H and O–H groups in total. The van der Waals surface area contributed by atoms with Crippen LogP contribution in [0.25, 0.3) is 11.1 Å². The van der Waals surface area contributed by atoms with E-state index < -0.39 is 5.54 Å². The first-order valence-corrected chi connectivity index (χ1v) is 11.0. The number of hydrogen-bond acceptors (Lipinski definition) is 4. The number of ether oxygens (including phenoxy) is 1. The minimum Gasteiger partial charge on any atom is -0.394 e. The summed E-state index contributed by atoms with van der Waals surface area (Å²) in [5.74, 6) is -0.238. The summed E-state index contributed by atoms with van der Waals surface area (Å²) in [5, 5.41) is 10.1. The minimum absolute atomic E-state index is 0.0555. The normalized spacial score (nSPS) is 23.6. The third kappa shape index (κ3) is 3.31. The number of carbonyl (C=O) groups is 2. The molecule has 2 amide bonds. The van der Waals surface area contributed by atoms with Gasteiger partial charge in [0.15, 0.2) is 0 Å². The Hall–Kier alpha value is -2.77. The average molecular weight is 438 g/mol. The maximum atomic E-state index is 13.6. The summed E-state index contributed by atoms with van der Waals surface area (Å²) in [6.07, 6.45) is 1.89. The summed E-state index contributed by atoms with van der Waals surface area (Å²) in [6, 6.07) is 13.9. The molecule has 0 aromatic heterocycles. The molecule has 0 bridgehead atoms. The molecule has 1 spiro atoms. The summed E-state index contributed by atoms with van der Waals surface area (Å²) in [5.41, 5.74) is 2.17. The number of carbonyl (C=O) groups excluding carboxylic acids is 2. The number of benzene rings is 2. The second-order valence-corrected chi connectivity index (χ2v) is 9.13. The van der Waals surface area contributed by atoms with Crippen molar-refractivity contribution in [3.63, 3.8) is 0 Å². The van der Waals surface area contributed by atoms with Crippen molar-refractivity contribution in [2.75, 3.05) is 33.4 Å². The highest BCUT2D eigenvalue weighted by Gasteiger charge is 2.68. The van der Waals surface area contributed by atoms with Crippen molar-refractivity contribution in [2.24, 2.45) is 5.92 Å². The van der Waals surface area contributed by atoms with Gasteiger partial charge in [-0.3, -0.25) is 9.59 Å². The van der Waals surface area contributed by atoms with E-state index in [4.69, 9.17) is 4.74 Å². The van der Waals surface area contributed by atoms with Gasteiger partial charge in [-0.1, -0.05) is 36.4 Å². The van der Waals surface area contributed by atoms with Gasteiger partial charge in [-0.05, 0) is 41.7 Å². The average Bonchev–Trinajstić information content (AvgIpc) is 3.58. The molecule has 2 atom stereocenters. The standard InChI is InChI=1S/C25H27FN2O4/c1-32-13-22(30)28-21(12-29)23(25(28)14-27(15-25)24(31)18-9-10-18)17-7-5-16(6-8-17)19-3-2-4-20(26)11-19/h2-8,11,18,21,23,29H,9-10,12-15H2,1H3/t21-,23+/m1/s1. The fraction of sp³-hybridized carbons (Fsp3) is 0.440. The number of methoxy groups -OCH3 is 1. The van der Waals surface area contributed by atoms with Crippen LogP contribution < -0.4 is 0 Å². The van der Waals surface area contributed by atoms with E-state index in [1.807, 2.05) is 35.2 Å². The summed E-state index contributed by atoms with van der Waals surface area (Å²) in [4.78, 5) is 29.0. The van der Waals surface area contributed by atoms with E-state index in [2.05, 4.69) is 0 Å². The Labute approximate surface area is 186 Å². The zero-order valence-electron chi connectivity index (χ0n) is 18.0. The Morgan fingerprint density at radius 2 is 1.84 bits per heavy atom. The highest BCUT2D eigenvalue weighted by Crippen LogP contribution is 2.54. The van der Waals surface area contributed by atoms with Crippen molar-refractivity contribution in [2.45, 2.75) is 30.3 Å². The summed E-state index contributed by atoms with van der Waals surface area (Å²) in [6.45, 7) is 0.735. The molecular weight excluding hydrogens is 411 g/mol. The number of nitrogens with zero attached hydrogens (tertiary/aromatic N) is 2. The minimum atomic E-state index is -0.520. The quantitative estimate of drug-likeness (QED) is 0.752. The zero-order chi connectivity index (χ0) is 22.5. The SMILES string of the molecule is COCC(=O)N1[C@H](CO)[C@H](c2ccc(-c3cccc(F)c3)cc2)C12CN(C(=O)C1CC1)C2. The molecule has 1 aliphatic carbocycles. The molecule has 2 aliphatic heterocycles. The van der Waals surface area contributed by atoms with Crippen LogP contribution >= 0.6 is 0 Å². The second-order valence-electron chi connectivity index (χ2n) is 9.13. The van der Waals surface area contributed by atoms with Gasteiger partial charge in [0.05, 0.1) is 18.2 Å². The zero-order valence-corrected chi connectivity index (χ0v) is 18.0. The lowest BCUT2D eigenvalue weighted by Gasteiger charge is -2.70. The number of aliphatic hydroxyl groups excluding tert-OH is 1. The molecule has 2 saturated heterocycles. The smallest absolute Gasteiger partial charge is 0.249 e. The van der Waals surface area contributed by atoms with Crippen molar-refractivity contribution >= 4 is 11.8 Å². The third-order valence-electron chi connectivity index (χ3n) is 7.09. The second kappa shape index (κ2) is 7.98. The number of hydrogen-bond donors (Lipinski definition) is 1. The first-order valence-electron chi connectivity index (χ1n) is 11.0. The van der Waals surface area contributed by atoms with Crippen LogP contribution in [0.3, 0.4) is 0 Å². The van der Waals surface area contributed by atoms with Gasteiger partial charge in [-0.25, -0.2) is 4.39 Å². The van der Waals surface area contributed by atoms with Crippen LogP contribution in [0.15, 0.2) is 48.5 Å². The third-order valence-corrected chi connectivity index (χ3v) is 7.09. The molecule has 3 aliphatic rings. The molecule has 2 aromatic rings. The highest BCUT2D eigenvalue weighted by atomic mass is 19.1. The maximum absolute atomic E-state index is 13.6. The topological polar surface area (TPSA) is 70.1 Å². The number of halogens is 1. The molecule has 168 valence electrons. The molecule has 0 unspecified atom stereocenters.